The predicted molar refractivity (Wildman–Crippen MR) is 262 cm³/mol. The zero-order valence-corrected chi connectivity index (χ0v) is 42.3. The smallest absolute Gasteiger partial charge is 0.303 e. The van der Waals surface area contributed by atoms with E-state index in [1.54, 1.807) is 21.1 Å². The number of carboxylic acid groups (broad SMARTS) is 1. The molecule has 1 fully saturated rings. The molecule has 2 aromatic carbocycles. The lowest BCUT2D eigenvalue weighted by Crippen LogP contribution is -2.54. The number of aliphatic carboxylic acids is 1. The maximum absolute atomic E-state index is 14.4. The molecule has 14 heteroatoms. The number of carbonyl (C=O) groups excluding carboxylic acids is 5. The zero-order chi connectivity index (χ0) is 49.8. The molecule has 0 aliphatic carbocycles. The first-order chi connectivity index (χ1) is 31.8. The zero-order valence-electron chi connectivity index (χ0n) is 42.3. The van der Waals surface area contributed by atoms with Crippen LogP contribution in [0, 0.1) is 35.5 Å². The Labute approximate surface area is 401 Å². The van der Waals surface area contributed by atoms with Crippen molar-refractivity contribution < 1.29 is 43.3 Å². The number of rotatable bonds is 30. The minimum atomic E-state index is -0.880. The first-order valence-corrected chi connectivity index (χ1v) is 24.6. The number of likely N-dealkylation sites (tertiary alicyclic amines) is 1. The van der Waals surface area contributed by atoms with E-state index in [4.69, 9.17) is 14.6 Å². The van der Waals surface area contributed by atoms with Gasteiger partial charge in [-0.25, -0.2) is 0 Å². The van der Waals surface area contributed by atoms with Crippen molar-refractivity contribution in [3.05, 3.63) is 71.8 Å². The molecule has 1 heterocycles. The van der Waals surface area contributed by atoms with Crippen molar-refractivity contribution in [3.63, 3.8) is 0 Å². The van der Waals surface area contributed by atoms with E-state index in [2.05, 4.69) is 29.8 Å². The number of ketones is 1. The Bertz CT molecular complexity index is 1850. The fourth-order valence-electron chi connectivity index (χ4n) is 9.82. The number of carbonyl (C=O) groups is 6. The molecule has 374 valence electrons. The maximum Gasteiger partial charge on any atom is 0.303 e. The van der Waals surface area contributed by atoms with Crippen molar-refractivity contribution in [2.45, 2.75) is 156 Å². The molecular formula is C53H83N5O9. The molecule has 1 aliphatic heterocycles. The van der Waals surface area contributed by atoms with Crippen LogP contribution < -0.4 is 16.0 Å². The Morgan fingerprint density at radius 3 is 1.99 bits per heavy atom. The normalized spacial score (nSPS) is 18.1. The van der Waals surface area contributed by atoms with Crippen molar-refractivity contribution in [2.24, 2.45) is 35.5 Å². The van der Waals surface area contributed by atoms with Crippen LogP contribution in [0.25, 0.3) is 0 Å². The van der Waals surface area contributed by atoms with E-state index < -0.39 is 42.2 Å². The van der Waals surface area contributed by atoms with E-state index in [0.717, 1.165) is 24.0 Å². The fraction of sp³-hybridized carbons (Fsp3) is 0.660. The highest BCUT2D eigenvalue weighted by atomic mass is 16.5. The Hall–Kier alpha value is -4.66. The number of hydrogen-bond acceptors (Lipinski definition) is 9. The van der Waals surface area contributed by atoms with E-state index in [9.17, 15) is 28.8 Å². The van der Waals surface area contributed by atoms with Gasteiger partial charge >= 0.3 is 5.97 Å². The van der Waals surface area contributed by atoms with Gasteiger partial charge < -0.3 is 35.4 Å². The summed E-state index contributed by atoms with van der Waals surface area (Å²) < 4.78 is 12.2. The lowest BCUT2D eigenvalue weighted by atomic mass is 9.77. The standard InChI is InChI=1S/C53H83N5O9/c1-12-37(7)41(29-36(6)30-44(59)48(34(2)3)56-53(65)49(35(4)5)57(9)27-20-26-47(61)62)45(66-10)32-46(60)58-28-19-25-43(58)50(67-11)38(8)51(63)55-42(31-39-21-15-13-16-22-39)52(64)54-33-40-23-17-14-18-24-40/h13-18,21-24,34-38,41-43,45,48-50H,12,19-20,25-33H2,1-11H3,(H,54,64)(H,55,63)(H,56,65)(H,61,62)/t36?,37-,38+,41-,42-,43-,45+,48-,49-,50+/m0/s1. The average Bonchev–Trinajstić information content (AvgIpc) is 3.78. The summed E-state index contributed by atoms with van der Waals surface area (Å²) in [7, 11) is 5.00. The number of likely N-dealkylation sites (N-methyl/N-ethyl adjacent to an activating group) is 1. The van der Waals surface area contributed by atoms with Crippen molar-refractivity contribution in [1.82, 2.24) is 25.8 Å². The summed E-state index contributed by atoms with van der Waals surface area (Å²) in [6.45, 7) is 17.1. The largest absolute Gasteiger partial charge is 0.481 e. The molecule has 14 nitrogen and oxygen atoms in total. The second kappa shape index (κ2) is 28.6. The number of hydrogen-bond donors (Lipinski definition) is 4. The van der Waals surface area contributed by atoms with Crippen LogP contribution in [0.5, 0.6) is 0 Å². The topological polar surface area (TPSA) is 184 Å². The van der Waals surface area contributed by atoms with Gasteiger partial charge in [0.15, 0.2) is 5.78 Å². The quantitative estimate of drug-likeness (QED) is 0.0659. The van der Waals surface area contributed by atoms with Crippen LogP contribution in [-0.2, 0) is 51.2 Å². The van der Waals surface area contributed by atoms with Crippen molar-refractivity contribution in [2.75, 3.05) is 34.4 Å². The molecule has 2 aromatic rings. The number of methoxy groups -OCH3 is 2. The first-order valence-electron chi connectivity index (χ1n) is 24.6. The number of nitrogens with one attached hydrogen (secondary N) is 3. The van der Waals surface area contributed by atoms with E-state index in [-0.39, 0.29) is 84.3 Å². The van der Waals surface area contributed by atoms with Crippen LogP contribution in [0.1, 0.15) is 118 Å². The summed E-state index contributed by atoms with van der Waals surface area (Å²) in [6, 6.07) is 16.8. The molecule has 0 bridgehead atoms. The van der Waals surface area contributed by atoms with E-state index >= 15 is 0 Å². The SMILES string of the molecule is CC[C@H](C)[C@H](CC(C)CC(=O)[C@@H](NC(=O)[C@H](C(C)C)N(C)CCCC(=O)O)C(C)C)[C@@H](CC(=O)N1CCC[C@H]1[C@H](OC)[C@@H](C)C(=O)N[C@@H](Cc1ccccc1)C(=O)NCc1ccccc1)OC. The third-order valence-corrected chi connectivity index (χ3v) is 13.7. The summed E-state index contributed by atoms with van der Waals surface area (Å²) in [6.07, 6.45) is 2.93. The average molecular weight is 934 g/mol. The van der Waals surface area contributed by atoms with Crippen molar-refractivity contribution in [3.8, 4) is 0 Å². The summed E-state index contributed by atoms with van der Waals surface area (Å²) >= 11 is 0. The van der Waals surface area contributed by atoms with Crippen molar-refractivity contribution in [1.29, 1.82) is 0 Å². The molecule has 4 amide bonds. The summed E-state index contributed by atoms with van der Waals surface area (Å²) in [4.78, 5) is 84.6. The Balaban J connectivity index is 1.71. The van der Waals surface area contributed by atoms with Gasteiger partial charge in [0.25, 0.3) is 0 Å². The highest BCUT2D eigenvalue weighted by molar-refractivity contribution is 5.91. The molecule has 4 N–H and O–H groups in total. The van der Waals surface area contributed by atoms with Crippen LogP contribution in [0.2, 0.25) is 0 Å². The van der Waals surface area contributed by atoms with Gasteiger partial charge in [0.1, 0.15) is 6.04 Å². The Morgan fingerprint density at radius 2 is 1.43 bits per heavy atom. The second-order valence-corrected chi connectivity index (χ2v) is 19.7. The third kappa shape index (κ3) is 17.7. The Morgan fingerprint density at radius 1 is 0.806 bits per heavy atom. The van der Waals surface area contributed by atoms with Gasteiger partial charge in [0.05, 0.1) is 42.7 Å². The number of ether oxygens (including phenoxy) is 2. The van der Waals surface area contributed by atoms with Gasteiger partial charge in [-0.05, 0) is 80.0 Å². The number of carboxylic acids is 1. The van der Waals surface area contributed by atoms with Crippen LogP contribution in [-0.4, -0.2) is 121 Å². The van der Waals surface area contributed by atoms with E-state index in [0.29, 0.717) is 45.3 Å². The van der Waals surface area contributed by atoms with Crippen molar-refractivity contribution >= 4 is 35.4 Å². The van der Waals surface area contributed by atoms with Crippen LogP contribution in [0.3, 0.4) is 0 Å². The second-order valence-electron chi connectivity index (χ2n) is 19.7. The molecule has 10 atom stereocenters. The molecule has 1 unspecified atom stereocenters. The molecule has 0 spiro atoms. The fourth-order valence-corrected chi connectivity index (χ4v) is 9.82. The van der Waals surface area contributed by atoms with Gasteiger partial charge in [-0.15, -0.1) is 0 Å². The summed E-state index contributed by atoms with van der Waals surface area (Å²) in [5.74, 6) is -2.73. The molecule has 1 saturated heterocycles. The highest BCUT2D eigenvalue weighted by Gasteiger charge is 2.42. The van der Waals surface area contributed by atoms with Crippen LogP contribution in [0.15, 0.2) is 60.7 Å². The van der Waals surface area contributed by atoms with Crippen LogP contribution in [0.4, 0.5) is 0 Å². The molecule has 3 rings (SSSR count). The van der Waals surface area contributed by atoms with Crippen LogP contribution >= 0.6 is 0 Å². The first kappa shape index (κ1) is 56.7. The minimum absolute atomic E-state index is 0.0143. The number of Topliss-reactive ketones (excluding diaryl/α,β-unsaturated/α-hetero) is 1. The molecule has 0 radical (unpaired) electrons. The monoisotopic (exact) mass is 934 g/mol. The molecule has 0 saturated carbocycles. The number of nitrogens with zero attached hydrogens (tertiary/aromatic N) is 2. The van der Waals surface area contributed by atoms with Gasteiger partial charge in [-0.3, -0.25) is 33.7 Å². The summed E-state index contributed by atoms with van der Waals surface area (Å²) in [5.41, 5.74) is 1.85. The highest BCUT2D eigenvalue weighted by Crippen LogP contribution is 2.33. The lowest BCUT2D eigenvalue weighted by Gasteiger charge is -2.37. The maximum atomic E-state index is 14.4. The number of amides is 4. The molecule has 67 heavy (non-hydrogen) atoms. The van der Waals surface area contributed by atoms with E-state index in [1.165, 1.54) is 0 Å². The lowest BCUT2D eigenvalue weighted by molar-refractivity contribution is -0.143. The molecule has 1 aliphatic rings. The van der Waals surface area contributed by atoms with Gasteiger partial charge in [0, 0.05) is 46.6 Å². The molecule has 0 aromatic heterocycles. The van der Waals surface area contributed by atoms with Gasteiger partial charge in [-0.2, -0.15) is 0 Å². The van der Waals surface area contributed by atoms with Gasteiger partial charge in [0.2, 0.25) is 23.6 Å². The molecular weight excluding hydrogens is 851 g/mol. The third-order valence-electron chi connectivity index (χ3n) is 13.7. The Kier molecular flexibility index (Phi) is 24.2. The minimum Gasteiger partial charge on any atom is -0.481 e. The summed E-state index contributed by atoms with van der Waals surface area (Å²) in [5, 5.41) is 18.2. The van der Waals surface area contributed by atoms with E-state index in [1.807, 2.05) is 112 Å². The number of benzene rings is 2. The predicted octanol–water partition coefficient (Wildman–Crippen LogP) is 6.69. The van der Waals surface area contributed by atoms with Gasteiger partial charge in [-0.1, -0.05) is 122 Å².